The Labute approximate surface area is 174 Å². The van der Waals surface area contributed by atoms with Gasteiger partial charge in [0.15, 0.2) is 5.03 Å². The number of amides is 1. The molecule has 3 aromatic rings. The molecule has 0 radical (unpaired) electrons. The van der Waals surface area contributed by atoms with Crippen LogP contribution in [0.4, 0.5) is 5.69 Å². The largest absolute Gasteiger partial charge is 0.497 e. The van der Waals surface area contributed by atoms with Gasteiger partial charge in [0, 0.05) is 11.8 Å². The fourth-order valence-corrected chi connectivity index (χ4v) is 4.03. The Morgan fingerprint density at radius 3 is 2.40 bits per heavy atom. The molecule has 0 aliphatic rings. The topological polar surface area (TPSA) is 107 Å². The summed E-state index contributed by atoms with van der Waals surface area (Å²) in [4.78, 5) is 24.5. The lowest BCUT2D eigenvalue weighted by Gasteiger charge is -2.11. The fraction of sp³-hybridized carbons (Fsp3) is 0.190. The molecule has 9 heteroatoms. The van der Waals surface area contributed by atoms with E-state index < -0.39 is 27.8 Å². The normalized spacial score (nSPS) is 11.2. The number of aryl methyl sites for hydroxylation is 2. The molecule has 1 N–H and O–H groups in total. The van der Waals surface area contributed by atoms with E-state index in [0.29, 0.717) is 11.4 Å². The molecule has 0 aliphatic carbocycles. The highest BCUT2D eigenvalue weighted by atomic mass is 32.2. The van der Waals surface area contributed by atoms with E-state index in [9.17, 15) is 18.0 Å². The summed E-state index contributed by atoms with van der Waals surface area (Å²) >= 11 is 0. The minimum atomic E-state index is -3.97. The molecule has 2 aromatic carbocycles. The zero-order valence-corrected chi connectivity index (χ0v) is 17.6. The highest BCUT2D eigenvalue weighted by Gasteiger charge is 2.21. The number of carbonyl (C=O) groups excluding carboxylic acids is 1. The van der Waals surface area contributed by atoms with Gasteiger partial charge >= 0.3 is 0 Å². The van der Waals surface area contributed by atoms with Crippen LogP contribution in [0.2, 0.25) is 0 Å². The molecule has 0 aliphatic heterocycles. The van der Waals surface area contributed by atoms with Crippen molar-refractivity contribution in [3.63, 3.8) is 0 Å². The smallest absolute Gasteiger partial charge is 0.267 e. The van der Waals surface area contributed by atoms with Crippen molar-refractivity contribution >= 4 is 21.4 Å². The van der Waals surface area contributed by atoms with Crippen molar-refractivity contribution in [3.05, 3.63) is 76.1 Å². The lowest BCUT2D eigenvalue weighted by atomic mass is 10.1. The molecule has 1 heterocycles. The van der Waals surface area contributed by atoms with Crippen LogP contribution in [0.5, 0.6) is 5.75 Å². The van der Waals surface area contributed by atoms with Crippen molar-refractivity contribution in [2.75, 3.05) is 12.4 Å². The van der Waals surface area contributed by atoms with Gasteiger partial charge in [0.25, 0.3) is 5.56 Å². The van der Waals surface area contributed by atoms with Crippen LogP contribution in [0.3, 0.4) is 0 Å². The summed E-state index contributed by atoms with van der Waals surface area (Å²) < 4.78 is 31.5. The Morgan fingerprint density at radius 1 is 1.07 bits per heavy atom. The Balaban J connectivity index is 1.85. The van der Waals surface area contributed by atoms with Crippen LogP contribution in [0.15, 0.2) is 69.3 Å². The van der Waals surface area contributed by atoms with Crippen molar-refractivity contribution in [1.82, 2.24) is 9.78 Å². The molecule has 8 nitrogen and oxygen atoms in total. The molecular weight excluding hydrogens is 406 g/mol. The summed E-state index contributed by atoms with van der Waals surface area (Å²) in [7, 11) is -2.49. The number of methoxy groups -OCH3 is 1. The molecule has 0 atom stereocenters. The van der Waals surface area contributed by atoms with Crippen molar-refractivity contribution in [2.45, 2.75) is 30.3 Å². The van der Waals surface area contributed by atoms with Crippen molar-refractivity contribution in [1.29, 1.82) is 0 Å². The maximum atomic E-state index is 12.8. The van der Waals surface area contributed by atoms with Gasteiger partial charge in [-0.2, -0.15) is 5.10 Å². The van der Waals surface area contributed by atoms with E-state index in [1.165, 1.54) is 31.4 Å². The van der Waals surface area contributed by atoms with Crippen LogP contribution in [-0.2, 0) is 21.2 Å². The van der Waals surface area contributed by atoms with Gasteiger partial charge in [0.1, 0.15) is 12.3 Å². The van der Waals surface area contributed by atoms with E-state index in [4.69, 9.17) is 4.74 Å². The molecule has 1 aromatic heterocycles. The number of sulfone groups is 1. The molecule has 0 saturated heterocycles. The second-order valence-corrected chi connectivity index (χ2v) is 8.61. The summed E-state index contributed by atoms with van der Waals surface area (Å²) in [5.74, 6) is 0.0190. The number of benzene rings is 2. The van der Waals surface area contributed by atoms with E-state index in [1.807, 2.05) is 26.0 Å². The number of nitrogens with zero attached hydrogens (tertiary/aromatic N) is 2. The fourth-order valence-electron chi connectivity index (χ4n) is 2.84. The molecule has 30 heavy (non-hydrogen) atoms. The minimum Gasteiger partial charge on any atom is -0.497 e. The average Bonchev–Trinajstić information content (AvgIpc) is 2.71. The number of hydrogen-bond donors (Lipinski definition) is 1. The second-order valence-electron chi connectivity index (χ2n) is 6.71. The number of nitrogens with one attached hydrogen (secondary N) is 1. The van der Waals surface area contributed by atoms with Crippen LogP contribution in [-0.4, -0.2) is 31.2 Å². The summed E-state index contributed by atoms with van der Waals surface area (Å²) in [5.41, 5.74) is 1.96. The third kappa shape index (κ3) is 4.57. The van der Waals surface area contributed by atoms with Gasteiger partial charge in [-0.15, -0.1) is 0 Å². The van der Waals surface area contributed by atoms with E-state index in [-0.39, 0.29) is 9.92 Å². The van der Waals surface area contributed by atoms with Gasteiger partial charge in [0.2, 0.25) is 15.7 Å². The number of aromatic nitrogens is 2. The monoisotopic (exact) mass is 427 g/mol. The second kappa shape index (κ2) is 8.50. The Morgan fingerprint density at radius 2 is 1.77 bits per heavy atom. The van der Waals surface area contributed by atoms with E-state index in [0.717, 1.165) is 27.9 Å². The first-order valence-electron chi connectivity index (χ1n) is 9.05. The van der Waals surface area contributed by atoms with Gasteiger partial charge in [-0.3, -0.25) is 9.59 Å². The maximum absolute atomic E-state index is 12.8. The third-order valence-electron chi connectivity index (χ3n) is 4.44. The molecule has 0 saturated carbocycles. The Bertz CT molecular complexity index is 1250. The SMILES string of the molecule is COc1ccc(S(=O)(=O)c2ccc(=O)n(CC(=O)Nc3ccc(C)cc3C)n2)cc1. The summed E-state index contributed by atoms with van der Waals surface area (Å²) in [6.45, 7) is 3.38. The lowest BCUT2D eigenvalue weighted by molar-refractivity contribution is -0.117. The van der Waals surface area contributed by atoms with Crippen molar-refractivity contribution in [3.8, 4) is 5.75 Å². The molecular formula is C21H21N3O5S. The molecule has 3 rings (SSSR count). The van der Waals surface area contributed by atoms with Crippen LogP contribution in [0.25, 0.3) is 0 Å². The van der Waals surface area contributed by atoms with Gasteiger partial charge in [0.05, 0.1) is 12.0 Å². The van der Waals surface area contributed by atoms with E-state index in [2.05, 4.69) is 10.4 Å². The predicted octanol–water partition coefficient (Wildman–Crippen LogP) is 2.34. The maximum Gasteiger partial charge on any atom is 0.267 e. The lowest BCUT2D eigenvalue weighted by Crippen LogP contribution is -2.30. The summed E-state index contributed by atoms with van der Waals surface area (Å²) in [6, 6.07) is 13.5. The highest BCUT2D eigenvalue weighted by molar-refractivity contribution is 7.91. The molecule has 0 spiro atoms. The summed E-state index contributed by atoms with van der Waals surface area (Å²) in [5, 5.41) is 6.29. The molecule has 0 bridgehead atoms. The van der Waals surface area contributed by atoms with Gasteiger partial charge in [-0.25, -0.2) is 13.1 Å². The summed E-state index contributed by atoms with van der Waals surface area (Å²) in [6.07, 6.45) is 0. The van der Waals surface area contributed by atoms with Crippen LogP contribution in [0, 0.1) is 13.8 Å². The van der Waals surface area contributed by atoms with Gasteiger partial charge < -0.3 is 10.1 Å². The Kier molecular flexibility index (Phi) is 6.02. The standard InChI is InChI=1S/C21H21N3O5S/c1-14-4-9-18(15(2)12-14)22-19(25)13-24-21(26)11-10-20(23-24)30(27,28)17-7-5-16(29-3)6-8-17/h4-12H,13H2,1-3H3,(H,22,25). The first-order chi connectivity index (χ1) is 14.2. The number of hydrogen-bond acceptors (Lipinski definition) is 6. The highest BCUT2D eigenvalue weighted by Crippen LogP contribution is 2.21. The van der Waals surface area contributed by atoms with Crippen LogP contribution < -0.4 is 15.6 Å². The van der Waals surface area contributed by atoms with Gasteiger partial charge in [-0.05, 0) is 55.8 Å². The third-order valence-corrected chi connectivity index (χ3v) is 6.10. The average molecular weight is 427 g/mol. The predicted molar refractivity (Wildman–Crippen MR) is 111 cm³/mol. The molecule has 0 fully saturated rings. The van der Waals surface area contributed by atoms with Crippen LogP contribution >= 0.6 is 0 Å². The minimum absolute atomic E-state index is 0.000677. The van der Waals surface area contributed by atoms with Gasteiger partial charge in [-0.1, -0.05) is 17.7 Å². The molecule has 156 valence electrons. The van der Waals surface area contributed by atoms with Crippen molar-refractivity contribution < 1.29 is 17.9 Å². The molecule has 0 unspecified atom stereocenters. The quantitative estimate of drug-likeness (QED) is 0.647. The van der Waals surface area contributed by atoms with Crippen LogP contribution in [0.1, 0.15) is 11.1 Å². The first kappa shape index (κ1) is 21.3. The number of ether oxygens (including phenoxy) is 1. The van der Waals surface area contributed by atoms with E-state index in [1.54, 1.807) is 6.07 Å². The Hall–Kier alpha value is -3.46. The van der Waals surface area contributed by atoms with Crippen molar-refractivity contribution in [2.24, 2.45) is 0 Å². The number of anilines is 1. The number of carbonyl (C=O) groups is 1. The molecule has 1 amide bonds. The zero-order valence-electron chi connectivity index (χ0n) is 16.7. The zero-order chi connectivity index (χ0) is 21.9. The number of rotatable bonds is 6. The first-order valence-corrected chi connectivity index (χ1v) is 10.5. The van der Waals surface area contributed by atoms with E-state index >= 15 is 0 Å².